The number of benzene rings is 1. The van der Waals surface area contributed by atoms with Crippen LogP contribution < -0.4 is 9.80 Å². The monoisotopic (exact) mass is 400 g/mol. The van der Waals surface area contributed by atoms with Crippen molar-refractivity contribution in [3.8, 4) is 0 Å². The van der Waals surface area contributed by atoms with E-state index in [-0.39, 0.29) is 11.9 Å². The van der Waals surface area contributed by atoms with Gasteiger partial charge in [0, 0.05) is 49.1 Å². The smallest absolute Gasteiger partial charge is 0.244 e. The van der Waals surface area contributed by atoms with Crippen LogP contribution in [0.2, 0.25) is 0 Å². The predicted octanol–water partition coefficient (Wildman–Crippen LogP) is 2.77. The number of nitrogens with zero attached hydrogens (tertiary/aromatic N) is 4. The molecule has 1 aromatic carbocycles. The second-order valence-corrected chi connectivity index (χ2v) is 7.40. The fraction of sp³-hybridized carbons (Fsp3) is 0.368. The van der Waals surface area contributed by atoms with Gasteiger partial charge in [0.2, 0.25) is 5.91 Å². The summed E-state index contributed by atoms with van der Waals surface area (Å²) < 4.78 is 0.993. The van der Waals surface area contributed by atoms with Crippen molar-refractivity contribution in [1.29, 1.82) is 0 Å². The van der Waals surface area contributed by atoms with Gasteiger partial charge < -0.3 is 9.80 Å². The van der Waals surface area contributed by atoms with Crippen LogP contribution in [0.25, 0.3) is 0 Å². The van der Waals surface area contributed by atoms with Gasteiger partial charge in [-0.2, -0.15) is 0 Å². The molecule has 1 unspecified atom stereocenters. The largest absolute Gasteiger partial charge is 0.354 e. The maximum Gasteiger partial charge on any atom is 0.244 e. The number of amides is 1. The first-order chi connectivity index (χ1) is 12.2. The van der Waals surface area contributed by atoms with Crippen molar-refractivity contribution in [2.45, 2.75) is 12.5 Å². The minimum Gasteiger partial charge on any atom is -0.354 e. The van der Waals surface area contributed by atoms with Crippen molar-refractivity contribution >= 4 is 33.3 Å². The molecule has 1 amide bonds. The summed E-state index contributed by atoms with van der Waals surface area (Å²) in [6, 6.07) is 14.1. The van der Waals surface area contributed by atoms with Crippen molar-refractivity contribution < 1.29 is 4.79 Å². The Labute approximate surface area is 156 Å². The number of rotatable bonds is 3. The SMILES string of the molecule is O=C1C(N2CCN(c3ccc(Br)cn3)CC2)CCN1c1ccccc1. The van der Waals surface area contributed by atoms with E-state index in [1.54, 1.807) is 0 Å². The summed E-state index contributed by atoms with van der Waals surface area (Å²) in [5, 5.41) is 0. The lowest BCUT2D eigenvalue weighted by molar-refractivity contribution is -0.121. The molecule has 0 N–H and O–H groups in total. The number of hydrogen-bond donors (Lipinski definition) is 0. The first-order valence-electron chi connectivity index (χ1n) is 8.69. The minimum atomic E-state index is 0.0141. The second-order valence-electron chi connectivity index (χ2n) is 6.49. The Morgan fingerprint density at radius 1 is 0.960 bits per heavy atom. The summed E-state index contributed by atoms with van der Waals surface area (Å²) in [6.45, 7) is 4.42. The fourth-order valence-electron chi connectivity index (χ4n) is 3.69. The van der Waals surface area contributed by atoms with Crippen LogP contribution in [0.3, 0.4) is 0 Å². The summed E-state index contributed by atoms with van der Waals surface area (Å²) in [5.74, 6) is 1.24. The maximum absolute atomic E-state index is 12.8. The van der Waals surface area contributed by atoms with Crippen LogP contribution in [-0.4, -0.2) is 54.6 Å². The molecule has 130 valence electrons. The molecule has 5 nitrogen and oxygen atoms in total. The van der Waals surface area contributed by atoms with E-state index in [4.69, 9.17) is 0 Å². The Kier molecular flexibility index (Phi) is 4.72. The number of piperazine rings is 1. The molecule has 2 saturated heterocycles. The van der Waals surface area contributed by atoms with Crippen molar-refractivity contribution in [3.05, 3.63) is 53.1 Å². The molecule has 0 spiro atoms. The quantitative estimate of drug-likeness (QED) is 0.793. The van der Waals surface area contributed by atoms with Gasteiger partial charge >= 0.3 is 0 Å². The number of anilines is 2. The molecule has 2 aromatic rings. The van der Waals surface area contributed by atoms with Gasteiger partial charge in [0.15, 0.2) is 0 Å². The highest BCUT2D eigenvalue weighted by molar-refractivity contribution is 9.10. The number of halogens is 1. The van der Waals surface area contributed by atoms with Crippen LogP contribution in [0.15, 0.2) is 53.1 Å². The maximum atomic E-state index is 12.8. The number of pyridine rings is 1. The van der Waals surface area contributed by atoms with E-state index in [9.17, 15) is 4.79 Å². The normalized spacial score (nSPS) is 21.8. The van der Waals surface area contributed by atoms with Gasteiger partial charge in [0.05, 0.1) is 6.04 Å². The van der Waals surface area contributed by atoms with Crippen molar-refractivity contribution in [2.75, 3.05) is 42.5 Å². The van der Waals surface area contributed by atoms with Crippen molar-refractivity contribution in [1.82, 2.24) is 9.88 Å². The van der Waals surface area contributed by atoms with Gasteiger partial charge in [-0.1, -0.05) is 18.2 Å². The van der Waals surface area contributed by atoms with E-state index >= 15 is 0 Å². The van der Waals surface area contributed by atoms with E-state index in [2.05, 4.69) is 30.7 Å². The number of para-hydroxylation sites is 1. The van der Waals surface area contributed by atoms with Crippen LogP contribution in [0, 0.1) is 0 Å². The predicted molar refractivity (Wildman–Crippen MR) is 103 cm³/mol. The number of carbonyl (C=O) groups excluding carboxylic acids is 1. The molecule has 0 radical (unpaired) electrons. The topological polar surface area (TPSA) is 39.7 Å². The lowest BCUT2D eigenvalue weighted by Gasteiger charge is -2.37. The summed E-state index contributed by atoms with van der Waals surface area (Å²) in [6.07, 6.45) is 2.74. The Bertz CT molecular complexity index is 729. The average molecular weight is 401 g/mol. The molecule has 2 aliphatic heterocycles. The van der Waals surface area contributed by atoms with Gasteiger partial charge in [0.1, 0.15) is 5.82 Å². The van der Waals surface area contributed by atoms with Gasteiger partial charge in [-0.3, -0.25) is 9.69 Å². The molecular formula is C19H21BrN4O. The van der Waals surface area contributed by atoms with E-state index in [0.717, 1.165) is 55.1 Å². The van der Waals surface area contributed by atoms with Crippen LogP contribution in [0.5, 0.6) is 0 Å². The molecule has 2 aliphatic rings. The van der Waals surface area contributed by atoms with Gasteiger partial charge in [-0.25, -0.2) is 4.98 Å². The highest BCUT2D eigenvalue weighted by atomic mass is 79.9. The zero-order valence-corrected chi connectivity index (χ0v) is 15.6. The zero-order valence-electron chi connectivity index (χ0n) is 14.0. The molecule has 25 heavy (non-hydrogen) atoms. The van der Waals surface area contributed by atoms with Gasteiger partial charge in [0.25, 0.3) is 0 Å². The third-order valence-corrected chi connectivity index (χ3v) is 5.50. The highest BCUT2D eigenvalue weighted by Crippen LogP contribution is 2.25. The molecule has 3 heterocycles. The van der Waals surface area contributed by atoms with E-state index < -0.39 is 0 Å². The van der Waals surface area contributed by atoms with Gasteiger partial charge in [-0.15, -0.1) is 0 Å². The van der Waals surface area contributed by atoms with E-state index in [1.807, 2.05) is 53.6 Å². The summed E-state index contributed by atoms with van der Waals surface area (Å²) in [5.41, 5.74) is 1.01. The highest BCUT2D eigenvalue weighted by Gasteiger charge is 2.37. The van der Waals surface area contributed by atoms with E-state index in [1.165, 1.54) is 0 Å². The van der Waals surface area contributed by atoms with Crippen LogP contribution >= 0.6 is 15.9 Å². The van der Waals surface area contributed by atoms with E-state index in [0.29, 0.717) is 0 Å². The summed E-state index contributed by atoms with van der Waals surface area (Å²) in [7, 11) is 0. The van der Waals surface area contributed by atoms with Crippen molar-refractivity contribution in [3.63, 3.8) is 0 Å². The van der Waals surface area contributed by atoms with Crippen LogP contribution in [-0.2, 0) is 4.79 Å². The minimum absolute atomic E-state index is 0.0141. The second kappa shape index (κ2) is 7.14. The standard InChI is InChI=1S/C19H21BrN4O/c20-15-6-7-18(21-14-15)23-12-10-22(11-13-23)17-8-9-24(19(17)25)16-4-2-1-3-5-16/h1-7,14,17H,8-13H2. The molecule has 2 fully saturated rings. The van der Waals surface area contributed by atoms with Crippen LogP contribution in [0.4, 0.5) is 11.5 Å². The summed E-state index contributed by atoms with van der Waals surface area (Å²) in [4.78, 5) is 23.9. The molecule has 0 saturated carbocycles. The molecule has 6 heteroatoms. The van der Waals surface area contributed by atoms with Crippen LogP contribution in [0.1, 0.15) is 6.42 Å². The Morgan fingerprint density at radius 3 is 2.40 bits per heavy atom. The zero-order chi connectivity index (χ0) is 17.2. The number of carbonyl (C=O) groups is 1. The first-order valence-corrected chi connectivity index (χ1v) is 9.49. The van der Waals surface area contributed by atoms with Crippen molar-refractivity contribution in [2.24, 2.45) is 0 Å². The number of hydrogen-bond acceptors (Lipinski definition) is 4. The van der Waals surface area contributed by atoms with Gasteiger partial charge in [-0.05, 0) is 46.6 Å². The summed E-state index contributed by atoms with van der Waals surface area (Å²) >= 11 is 3.42. The third kappa shape index (κ3) is 3.41. The Hall–Kier alpha value is -1.92. The molecule has 0 bridgehead atoms. The lowest BCUT2D eigenvalue weighted by atomic mass is 10.2. The fourth-order valence-corrected chi connectivity index (χ4v) is 3.92. The molecular weight excluding hydrogens is 380 g/mol. The molecule has 1 atom stereocenters. The Balaban J connectivity index is 1.38. The molecule has 1 aromatic heterocycles. The molecule has 4 rings (SSSR count). The number of aromatic nitrogens is 1. The third-order valence-electron chi connectivity index (χ3n) is 5.04. The lowest BCUT2D eigenvalue weighted by Crippen LogP contribution is -2.52. The first kappa shape index (κ1) is 16.5. The molecule has 0 aliphatic carbocycles. The average Bonchev–Trinajstić information content (AvgIpc) is 3.05. The Morgan fingerprint density at radius 2 is 1.72 bits per heavy atom.